The first-order valence-electron chi connectivity index (χ1n) is 8.09. The molecule has 0 aliphatic carbocycles. The standard InChI is InChI=1S/C16H29NO3/c1-4-7-9-13(5-2)15(18)17-11-8-10-14(12-17)16(19)20-6-3/h13-14H,4-12H2,1-3H3/t13-,14+/m1/s1. The number of rotatable bonds is 7. The predicted molar refractivity (Wildman–Crippen MR) is 79.2 cm³/mol. The van der Waals surface area contributed by atoms with Crippen molar-refractivity contribution in [3.05, 3.63) is 0 Å². The van der Waals surface area contributed by atoms with E-state index in [0.29, 0.717) is 13.2 Å². The van der Waals surface area contributed by atoms with Crippen molar-refractivity contribution in [2.24, 2.45) is 11.8 Å². The summed E-state index contributed by atoms with van der Waals surface area (Å²) in [5.74, 6) is 0.0776. The van der Waals surface area contributed by atoms with Gasteiger partial charge in [-0.1, -0.05) is 26.7 Å². The molecule has 1 heterocycles. The average Bonchev–Trinajstić information content (AvgIpc) is 2.48. The van der Waals surface area contributed by atoms with Gasteiger partial charge in [-0.05, 0) is 32.6 Å². The van der Waals surface area contributed by atoms with Crippen LogP contribution >= 0.6 is 0 Å². The SMILES string of the molecule is CCCC[C@@H](CC)C(=O)N1CCC[C@H](C(=O)OCC)C1. The van der Waals surface area contributed by atoms with Crippen LogP contribution in [0.15, 0.2) is 0 Å². The second-order valence-corrected chi connectivity index (χ2v) is 5.62. The van der Waals surface area contributed by atoms with Crippen LogP contribution in [0.2, 0.25) is 0 Å². The van der Waals surface area contributed by atoms with Gasteiger partial charge in [0.05, 0.1) is 12.5 Å². The molecule has 20 heavy (non-hydrogen) atoms. The van der Waals surface area contributed by atoms with Crippen LogP contribution in [0.25, 0.3) is 0 Å². The fourth-order valence-corrected chi connectivity index (χ4v) is 2.84. The molecule has 0 unspecified atom stereocenters. The summed E-state index contributed by atoms with van der Waals surface area (Å²) in [5, 5.41) is 0. The molecule has 0 bridgehead atoms. The zero-order valence-corrected chi connectivity index (χ0v) is 13.2. The summed E-state index contributed by atoms with van der Waals surface area (Å²) in [4.78, 5) is 26.2. The van der Waals surface area contributed by atoms with E-state index in [0.717, 1.165) is 45.1 Å². The quantitative estimate of drug-likeness (QED) is 0.675. The lowest BCUT2D eigenvalue weighted by Crippen LogP contribution is -2.45. The highest BCUT2D eigenvalue weighted by Crippen LogP contribution is 2.22. The number of hydrogen-bond acceptors (Lipinski definition) is 3. The summed E-state index contributed by atoms with van der Waals surface area (Å²) in [6.07, 6.45) is 5.81. The van der Waals surface area contributed by atoms with Crippen LogP contribution in [-0.2, 0) is 14.3 Å². The predicted octanol–water partition coefficient (Wildman–Crippen LogP) is 3.00. The third-order valence-electron chi connectivity index (χ3n) is 4.10. The summed E-state index contributed by atoms with van der Waals surface area (Å²) < 4.78 is 5.08. The fourth-order valence-electron chi connectivity index (χ4n) is 2.84. The maximum Gasteiger partial charge on any atom is 0.310 e. The molecule has 1 aliphatic heterocycles. The summed E-state index contributed by atoms with van der Waals surface area (Å²) in [7, 11) is 0. The highest BCUT2D eigenvalue weighted by Gasteiger charge is 2.31. The highest BCUT2D eigenvalue weighted by molar-refractivity contribution is 5.80. The second kappa shape index (κ2) is 8.98. The van der Waals surface area contributed by atoms with E-state index in [1.165, 1.54) is 0 Å². The van der Waals surface area contributed by atoms with Gasteiger partial charge < -0.3 is 9.64 Å². The van der Waals surface area contributed by atoms with Crippen molar-refractivity contribution < 1.29 is 14.3 Å². The zero-order valence-electron chi connectivity index (χ0n) is 13.2. The van der Waals surface area contributed by atoms with Crippen LogP contribution in [0.5, 0.6) is 0 Å². The largest absolute Gasteiger partial charge is 0.466 e. The molecule has 1 saturated heterocycles. The average molecular weight is 283 g/mol. The first-order chi connectivity index (χ1) is 9.63. The fraction of sp³-hybridized carbons (Fsp3) is 0.875. The first kappa shape index (κ1) is 17.0. The van der Waals surface area contributed by atoms with E-state index in [1.807, 2.05) is 11.8 Å². The third-order valence-corrected chi connectivity index (χ3v) is 4.10. The van der Waals surface area contributed by atoms with E-state index in [9.17, 15) is 9.59 Å². The molecule has 1 amide bonds. The molecule has 0 N–H and O–H groups in total. The number of likely N-dealkylation sites (tertiary alicyclic amines) is 1. The molecular weight excluding hydrogens is 254 g/mol. The van der Waals surface area contributed by atoms with Crippen molar-refractivity contribution in [2.45, 2.75) is 59.3 Å². The lowest BCUT2D eigenvalue weighted by atomic mass is 9.93. The van der Waals surface area contributed by atoms with Crippen molar-refractivity contribution in [1.82, 2.24) is 4.90 Å². The zero-order chi connectivity index (χ0) is 15.0. The van der Waals surface area contributed by atoms with Crippen LogP contribution in [0, 0.1) is 11.8 Å². The van der Waals surface area contributed by atoms with Gasteiger partial charge in [0.2, 0.25) is 5.91 Å². The summed E-state index contributed by atoms with van der Waals surface area (Å²) in [6, 6.07) is 0. The molecule has 0 saturated carbocycles. The Bertz CT molecular complexity index is 317. The molecule has 2 atom stereocenters. The molecule has 0 aromatic carbocycles. The molecule has 1 rings (SSSR count). The summed E-state index contributed by atoms with van der Waals surface area (Å²) in [5.41, 5.74) is 0. The van der Waals surface area contributed by atoms with Gasteiger partial charge in [-0.25, -0.2) is 0 Å². The molecule has 0 aromatic heterocycles. The number of piperidine rings is 1. The van der Waals surface area contributed by atoms with Gasteiger partial charge in [-0.3, -0.25) is 9.59 Å². The van der Waals surface area contributed by atoms with Crippen molar-refractivity contribution in [2.75, 3.05) is 19.7 Å². The minimum atomic E-state index is -0.147. The van der Waals surface area contributed by atoms with Crippen LogP contribution < -0.4 is 0 Å². The van der Waals surface area contributed by atoms with Gasteiger partial charge in [-0.15, -0.1) is 0 Å². The minimum Gasteiger partial charge on any atom is -0.466 e. The third kappa shape index (κ3) is 4.80. The Labute approximate surface area is 122 Å². The maximum absolute atomic E-state index is 12.5. The highest BCUT2D eigenvalue weighted by atomic mass is 16.5. The Morgan fingerprint density at radius 3 is 2.65 bits per heavy atom. The molecule has 1 aliphatic rings. The number of nitrogens with zero attached hydrogens (tertiary/aromatic N) is 1. The monoisotopic (exact) mass is 283 g/mol. The number of ether oxygens (including phenoxy) is 1. The molecule has 4 heteroatoms. The Balaban J connectivity index is 2.56. The number of carbonyl (C=O) groups is 2. The Kier molecular flexibility index (Phi) is 7.63. The smallest absolute Gasteiger partial charge is 0.310 e. The van der Waals surface area contributed by atoms with Gasteiger partial charge in [0.1, 0.15) is 0 Å². The van der Waals surface area contributed by atoms with Crippen molar-refractivity contribution in [3.63, 3.8) is 0 Å². The van der Waals surface area contributed by atoms with E-state index in [2.05, 4.69) is 13.8 Å². The van der Waals surface area contributed by atoms with E-state index < -0.39 is 0 Å². The lowest BCUT2D eigenvalue weighted by Gasteiger charge is -2.33. The molecule has 0 radical (unpaired) electrons. The summed E-state index contributed by atoms with van der Waals surface area (Å²) >= 11 is 0. The lowest BCUT2D eigenvalue weighted by molar-refractivity contribution is -0.152. The van der Waals surface area contributed by atoms with Crippen LogP contribution in [-0.4, -0.2) is 36.5 Å². The normalized spacial score (nSPS) is 20.6. The second-order valence-electron chi connectivity index (χ2n) is 5.62. The Morgan fingerprint density at radius 2 is 2.05 bits per heavy atom. The molecule has 1 fully saturated rings. The Morgan fingerprint density at radius 1 is 1.30 bits per heavy atom. The molecule has 4 nitrogen and oxygen atoms in total. The van der Waals surface area contributed by atoms with E-state index in [-0.39, 0.29) is 23.7 Å². The van der Waals surface area contributed by atoms with Crippen LogP contribution in [0.1, 0.15) is 59.3 Å². The van der Waals surface area contributed by atoms with Gasteiger partial charge in [0, 0.05) is 19.0 Å². The molecule has 0 aromatic rings. The van der Waals surface area contributed by atoms with E-state index >= 15 is 0 Å². The molecular formula is C16H29NO3. The van der Waals surface area contributed by atoms with Crippen LogP contribution in [0.3, 0.4) is 0 Å². The van der Waals surface area contributed by atoms with E-state index in [4.69, 9.17) is 4.74 Å². The summed E-state index contributed by atoms with van der Waals surface area (Å²) in [6.45, 7) is 7.79. The van der Waals surface area contributed by atoms with E-state index in [1.54, 1.807) is 0 Å². The topological polar surface area (TPSA) is 46.6 Å². The van der Waals surface area contributed by atoms with Gasteiger partial charge in [0.15, 0.2) is 0 Å². The van der Waals surface area contributed by atoms with Gasteiger partial charge >= 0.3 is 5.97 Å². The number of carbonyl (C=O) groups excluding carboxylic acids is 2. The minimum absolute atomic E-state index is 0.121. The molecule has 0 spiro atoms. The van der Waals surface area contributed by atoms with Gasteiger partial charge in [-0.2, -0.15) is 0 Å². The number of esters is 1. The number of hydrogen-bond donors (Lipinski definition) is 0. The molecule has 116 valence electrons. The van der Waals surface area contributed by atoms with Crippen LogP contribution in [0.4, 0.5) is 0 Å². The first-order valence-corrected chi connectivity index (χ1v) is 8.09. The van der Waals surface area contributed by atoms with Crippen molar-refractivity contribution >= 4 is 11.9 Å². The Hall–Kier alpha value is -1.06. The number of amides is 1. The maximum atomic E-state index is 12.5. The number of unbranched alkanes of at least 4 members (excludes halogenated alkanes) is 1. The van der Waals surface area contributed by atoms with Crippen molar-refractivity contribution in [1.29, 1.82) is 0 Å². The van der Waals surface area contributed by atoms with Gasteiger partial charge in [0.25, 0.3) is 0 Å². The van der Waals surface area contributed by atoms with Crippen molar-refractivity contribution in [3.8, 4) is 0 Å².